The van der Waals surface area contributed by atoms with Crippen LogP contribution < -0.4 is 21.1 Å². The van der Waals surface area contributed by atoms with Crippen molar-refractivity contribution < 1.29 is 40.9 Å². The first-order valence-electron chi connectivity index (χ1n) is 13.3. The average molecular weight is 627 g/mol. The second-order valence-corrected chi connectivity index (χ2v) is 10.4. The summed E-state index contributed by atoms with van der Waals surface area (Å²) in [7, 11) is 0. The molecule has 236 valence electrons. The standard InChI is InChI=1S/C27H28F6N8O3/c1-2-43-13-44-20-5-16(28)15(4-17(20)29)18-3-14(7-40-12-39-21-24(34)37-11-38-25(21)40)19(6-36-18)41-9-26(35,22(42)23(30)31)8-27(32,33)10-41/h3-6,11-12,22-23,42H,2,7-10,13,35H2,1H3,(H2,34,37,38)/t22-,26+/m0/s1. The van der Waals surface area contributed by atoms with E-state index in [-0.39, 0.29) is 52.8 Å². The number of aliphatic hydroxyl groups is 1. The van der Waals surface area contributed by atoms with E-state index in [0.717, 1.165) is 23.2 Å². The number of nitrogens with zero attached hydrogens (tertiary/aromatic N) is 6. The molecule has 0 radical (unpaired) electrons. The molecule has 2 atom stereocenters. The Morgan fingerprint density at radius 1 is 1.07 bits per heavy atom. The lowest BCUT2D eigenvalue weighted by molar-refractivity contribution is -0.102. The number of rotatable bonds is 10. The second-order valence-electron chi connectivity index (χ2n) is 10.4. The van der Waals surface area contributed by atoms with Crippen molar-refractivity contribution in [1.29, 1.82) is 0 Å². The van der Waals surface area contributed by atoms with E-state index in [9.17, 15) is 27.1 Å². The van der Waals surface area contributed by atoms with Gasteiger partial charge in [0.2, 0.25) is 0 Å². The fourth-order valence-corrected chi connectivity index (χ4v) is 5.17. The topological polar surface area (TPSA) is 150 Å². The van der Waals surface area contributed by atoms with Gasteiger partial charge in [0, 0.05) is 31.2 Å². The number of imidazole rings is 1. The molecule has 1 aliphatic rings. The molecule has 1 aromatic carbocycles. The minimum absolute atomic E-state index is 0.0193. The number of benzene rings is 1. The molecule has 4 aromatic rings. The molecule has 1 fully saturated rings. The fraction of sp³-hybridized carbons (Fsp3) is 0.407. The number of hydrogen-bond acceptors (Lipinski definition) is 10. The van der Waals surface area contributed by atoms with Crippen molar-refractivity contribution in [2.75, 3.05) is 37.1 Å². The van der Waals surface area contributed by atoms with Crippen LogP contribution >= 0.6 is 0 Å². The highest BCUT2D eigenvalue weighted by atomic mass is 19.3. The van der Waals surface area contributed by atoms with Crippen LogP contribution in [0, 0.1) is 11.6 Å². The molecule has 1 saturated heterocycles. The number of piperidine rings is 1. The maximum Gasteiger partial charge on any atom is 0.267 e. The van der Waals surface area contributed by atoms with Gasteiger partial charge < -0.3 is 35.5 Å². The van der Waals surface area contributed by atoms with Gasteiger partial charge in [-0.05, 0) is 24.6 Å². The lowest BCUT2D eigenvalue weighted by Gasteiger charge is -2.47. The van der Waals surface area contributed by atoms with Gasteiger partial charge in [0.15, 0.2) is 29.8 Å². The molecule has 0 amide bonds. The van der Waals surface area contributed by atoms with Crippen LogP contribution in [0.25, 0.3) is 22.4 Å². The number of ether oxygens (including phenoxy) is 2. The van der Waals surface area contributed by atoms with Gasteiger partial charge in [-0.2, -0.15) is 0 Å². The van der Waals surface area contributed by atoms with Crippen molar-refractivity contribution in [2.24, 2.45) is 5.73 Å². The molecule has 0 unspecified atom stereocenters. The summed E-state index contributed by atoms with van der Waals surface area (Å²) in [5, 5.41) is 10.1. The molecule has 4 heterocycles. The molecule has 0 aliphatic carbocycles. The van der Waals surface area contributed by atoms with Gasteiger partial charge in [-0.25, -0.2) is 41.3 Å². The van der Waals surface area contributed by atoms with Crippen LogP contribution in [0.5, 0.6) is 5.75 Å². The monoisotopic (exact) mass is 626 g/mol. The van der Waals surface area contributed by atoms with Crippen LogP contribution in [-0.2, 0) is 11.3 Å². The third-order valence-electron chi connectivity index (χ3n) is 7.20. The zero-order valence-electron chi connectivity index (χ0n) is 23.2. The molecule has 0 saturated carbocycles. The van der Waals surface area contributed by atoms with Crippen LogP contribution in [0.4, 0.5) is 37.8 Å². The second kappa shape index (κ2) is 12.0. The van der Waals surface area contributed by atoms with E-state index >= 15 is 4.39 Å². The molecule has 44 heavy (non-hydrogen) atoms. The van der Waals surface area contributed by atoms with Gasteiger partial charge >= 0.3 is 0 Å². The number of anilines is 2. The minimum Gasteiger partial charge on any atom is -0.464 e. The normalized spacial score (nSPS) is 19.1. The zero-order chi connectivity index (χ0) is 31.8. The average Bonchev–Trinajstić information content (AvgIpc) is 3.37. The number of aromatic nitrogens is 5. The third kappa shape index (κ3) is 6.20. The molecule has 11 nitrogen and oxygen atoms in total. The van der Waals surface area contributed by atoms with E-state index in [1.165, 1.54) is 23.3 Å². The van der Waals surface area contributed by atoms with E-state index in [1.807, 2.05) is 0 Å². The van der Waals surface area contributed by atoms with Gasteiger partial charge in [0.05, 0.1) is 42.5 Å². The van der Waals surface area contributed by atoms with E-state index < -0.39 is 60.9 Å². The summed E-state index contributed by atoms with van der Waals surface area (Å²) in [4.78, 5) is 17.5. The van der Waals surface area contributed by atoms with Gasteiger partial charge in [-0.15, -0.1) is 0 Å². The number of fused-ring (bicyclic) bond motifs is 1. The Labute approximate surface area is 246 Å². The highest BCUT2D eigenvalue weighted by Crippen LogP contribution is 2.39. The van der Waals surface area contributed by atoms with Gasteiger partial charge in [0.1, 0.15) is 23.8 Å². The predicted molar refractivity (Wildman–Crippen MR) is 146 cm³/mol. The number of halogens is 6. The minimum atomic E-state index is -3.57. The molecule has 17 heteroatoms. The summed E-state index contributed by atoms with van der Waals surface area (Å²) >= 11 is 0. The number of nitrogen functional groups attached to an aromatic ring is 1. The maximum absolute atomic E-state index is 15.2. The lowest BCUT2D eigenvalue weighted by atomic mass is 9.82. The quantitative estimate of drug-likeness (QED) is 0.136. The molecule has 5 rings (SSSR count). The van der Waals surface area contributed by atoms with Crippen molar-refractivity contribution in [3.63, 3.8) is 0 Å². The smallest absolute Gasteiger partial charge is 0.267 e. The third-order valence-corrected chi connectivity index (χ3v) is 7.20. The highest BCUT2D eigenvalue weighted by Gasteiger charge is 2.53. The summed E-state index contributed by atoms with van der Waals surface area (Å²) in [5.41, 5.74) is 9.88. The Morgan fingerprint density at radius 3 is 2.57 bits per heavy atom. The largest absolute Gasteiger partial charge is 0.464 e. The van der Waals surface area contributed by atoms with Crippen LogP contribution in [0.1, 0.15) is 18.9 Å². The van der Waals surface area contributed by atoms with Crippen LogP contribution in [-0.4, -0.2) is 80.1 Å². The zero-order valence-corrected chi connectivity index (χ0v) is 23.2. The molecule has 0 spiro atoms. The fourth-order valence-electron chi connectivity index (χ4n) is 5.17. The van der Waals surface area contributed by atoms with Crippen molar-refractivity contribution in [3.05, 3.63) is 54.2 Å². The Balaban J connectivity index is 1.60. The number of pyridine rings is 1. The summed E-state index contributed by atoms with van der Waals surface area (Å²) in [6.45, 7) is 0.0289. The van der Waals surface area contributed by atoms with E-state index in [4.69, 9.17) is 20.9 Å². The summed E-state index contributed by atoms with van der Waals surface area (Å²) in [5.74, 6) is -5.70. The number of alkyl halides is 4. The Kier molecular flexibility index (Phi) is 8.55. The molecule has 3 aromatic heterocycles. The van der Waals surface area contributed by atoms with E-state index in [0.29, 0.717) is 6.61 Å². The van der Waals surface area contributed by atoms with Crippen molar-refractivity contribution >= 4 is 22.7 Å². The molecular formula is C27H28F6N8O3. The first kappa shape index (κ1) is 31.2. The molecule has 5 N–H and O–H groups in total. The van der Waals surface area contributed by atoms with Gasteiger partial charge in [0.25, 0.3) is 12.3 Å². The van der Waals surface area contributed by atoms with Crippen molar-refractivity contribution in [1.82, 2.24) is 24.5 Å². The molecule has 1 aliphatic heterocycles. The van der Waals surface area contributed by atoms with Crippen LogP contribution in [0.15, 0.2) is 37.1 Å². The first-order valence-corrected chi connectivity index (χ1v) is 13.3. The summed E-state index contributed by atoms with van der Waals surface area (Å²) in [6, 6.07) is 3.02. The van der Waals surface area contributed by atoms with Gasteiger partial charge in [-0.3, -0.25) is 4.98 Å². The number of nitrogens with two attached hydrogens (primary N) is 2. The van der Waals surface area contributed by atoms with Crippen molar-refractivity contribution in [2.45, 2.75) is 43.9 Å². The first-order chi connectivity index (χ1) is 20.8. The van der Waals surface area contributed by atoms with E-state index in [1.54, 1.807) is 6.92 Å². The Bertz CT molecular complexity index is 1660. The van der Waals surface area contributed by atoms with Crippen LogP contribution in [0.3, 0.4) is 0 Å². The van der Waals surface area contributed by atoms with Crippen LogP contribution in [0.2, 0.25) is 0 Å². The summed E-state index contributed by atoms with van der Waals surface area (Å²) in [6.07, 6.45) is -3.43. The van der Waals surface area contributed by atoms with E-state index in [2.05, 4.69) is 19.9 Å². The molecular weight excluding hydrogens is 598 g/mol. The number of aliphatic hydroxyl groups excluding tert-OH is 1. The van der Waals surface area contributed by atoms with Gasteiger partial charge in [-0.1, -0.05) is 0 Å². The maximum atomic E-state index is 15.2. The Morgan fingerprint density at radius 2 is 1.84 bits per heavy atom. The SMILES string of the molecule is CCOCOc1cc(F)c(-c2cc(Cn3cnc4c(N)ncnc43)c(N3CC(F)(F)C[C@](N)([C@@H](O)C(F)F)C3)cn2)cc1F. The number of hydrogen-bond donors (Lipinski definition) is 3. The highest BCUT2D eigenvalue weighted by molar-refractivity contribution is 5.81. The Hall–Kier alpha value is -4.22. The lowest BCUT2D eigenvalue weighted by Crippen LogP contribution is -2.68. The summed E-state index contributed by atoms with van der Waals surface area (Å²) < 4.78 is 98.5. The van der Waals surface area contributed by atoms with Crippen molar-refractivity contribution in [3.8, 4) is 17.0 Å². The predicted octanol–water partition coefficient (Wildman–Crippen LogP) is 3.34. The molecule has 0 bridgehead atoms.